The molecule has 0 radical (unpaired) electrons. The molecule has 0 spiro atoms. The number of anilines is 1. The van der Waals surface area contributed by atoms with Gasteiger partial charge in [0.15, 0.2) is 0 Å². The van der Waals surface area contributed by atoms with Gasteiger partial charge in [-0.2, -0.15) is 5.21 Å². The Kier molecular flexibility index (Phi) is 11.9. The third-order valence-electron chi connectivity index (χ3n) is 9.97. The van der Waals surface area contributed by atoms with Gasteiger partial charge < -0.3 is 21.3 Å². The highest BCUT2D eigenvalue weighted by molar-refractivity contribution is 6.02. The first-order valence-electron chi connectivity index (χ1n) is 16.9. The lowest BCUT2D eigenvalue weighted by atomic mass is 9.81. The fourth-order valence-corrected chi connectivity index (χ4v) is 6.87. The van der Waals surface area contributed by atoms with Crippen LogP contribution in [-0.2, 0) is 16.0 Å². The average Bonchev–Trinajstić information content (AvgIpc) is 3.67. The third-order valence-corrected chi connectivity index (χ3v) is 9.97. The molecule has 3 amide bonds. The molecule has 0 unspecified atom stereocenters. The van der Waals surface area contributed by atoms with Gasteiger partial charge in [-0.05, 0) is 104 Å². The van der Waals surface area contributed by atoms with Gasteiger partial charge in [-0.1, -0.05) is 24.3 Å². The van der Waals surface area contributed by atoms with Gasteiger partial charge in [-0.15, -0.1) is 22.6 Å². The highest BCUT2D eigenvalue weighted by atomic mass is 35.5. The minimum atomic E-state index is -0.912. The number of halogens is 1. The second-order valence-electron chi connectivity index (χ2n) is 13.2. The molecular formula is C36H45ClN10O3. The van der Waals surface area contributed by atoms with E-state index in [0.717, 1.165) is 53.7 Å². The molecule has 264 valence electrons. The standard InChI is InChI=1S/C36H44N10O3.ClH/c1-23-19-31(36(49)45-17-15-44(2)16-18-45)39-22-30(23)26-7-3-24(4-8-26)20-32(33(38)47)46(35(48)28-9-5-25(21-37)6-10-28)29-13-11-27(12-14-29)34-40-42-43-41-34;/h3-4,7-8,11-14,19,22,25,28,32H,5-6,9-10,15-18,20-21,37H2,1-2H3,(H2,38,47)(H,40,41,42,43);1H/t25?,28?,32-;/m0./s1. The van der Waals surface area contributed by atoms with E-state index >= 15 is 0 Å². The van der Waals surface area contributed by atoms with Crippen LogP contribution in [0.1, 0.15) is 47.3 Å². The Morgan fingerprint density at radius 3 is 2.20 bits per heavy atom. The number of pyridine rings is 1. The number of tetrazole rings is 1. The van der Waals surface area contributed by atoms with E-state index in [1.54, 1.807) is 35.4 Å². The highest BCUT2D eigenvalue weighted by Gasteiger charge is 2.36. The van der Waals surface area contributed by atoms with Gasteiger partial charge in [0.25, 0.3) is 5.91 Å². The number of nitrogens with one attached hydrogen (secondary N) is 1. The third kappa shape index (κ3) is 8.18. The number of piperazine rings is 1. The predicted octanol–water partition coefficient (Wildman–Crippen LogP) is 3.24. The van der Waals surface area contributed by atoms with Crippen LogP contribution < -0.4 is 16.4 Å². The van der Waals surface area contributed by atoms with Crippen LogP contribution in [0.3, 0.4) is 0 Å². The number of carbonyl (C=O) groups excluding carboxylic acids is 3. The molecule has 1 aliphatic carbocycles. The lowest BCUT2D eigenvalue weighted by Gasteiger charge is -2.35. The first kappa shape index (κ1) is 36.6. The summed E-state index contributed by atoms with van der Waals surface area (Å²) in [6.45, 7) is 5.66. The Bertz CT molecular complexity index is 1750. The lowest BCUT2D eigenvalue weighted by molar-refractivity contribution is -0.127. The fourth-order valence-electron chi connectivity index (χ4n) is 6.87. The molecule has 13 nitrogen and oxygen atoms in total. The Morgan fingerprint density at radius 1 is 0.960 bits per heavy atom. The molecule has 4 aromatic rings. The zero-order valence-corrected chi connectivity index (χ0v) is 29.3. The van der Waals surface area contributed by atoms with E-state index in [4.69, 9.17) is 11.5 Å². The fraction of sp³-hybridized carbons (Fsp3) is 0.417. The largest absolute Gasteiger partial charge is 0.368 e. The van der Waals surface area contributed by atoms with Crippen molar-refractivity contribution in [3.8, 4) is 22.5 Å². The van der Waals surface area contributed by atoms with Gasteiger partial charge in [0.05, 0.1) is 0 Å². The lowest BCUT2D eigenvalue weighted by Crippen LogP contribution is -2.52. The summed E-state index contributed by atoms with van der Waals surface area (Å²) in [4.78, 5) is 50.6. The van der Waals surface area contributed by atoms with E-state index in [0.29, 0.717) is 55.6 Å². The van der Waals surface area contributed by atoms with Gasteiger partial charge in [0.2, 0.25) is 17.6 Å². The number of hydrogen-bond donors (Lipinski definition) is 3. The second-order valence-corrected chi connectivity index (χ2v) is 13.2. The topological polar surface area (TPSA) is 180 Å². The molecular weight excluding hydrogens is 656 g/mol. The maximum absolute atomic E-state index is 14.2. The number of aromatic nitrogens is 5. The van der Waals surface area contributed by atoms with Gasteiger partial charge in [0, 0.05) is 61.5 Å². The minimum Gasteiger partial charge on any atom is -0.368 e. The Balaban J connectivity index is 0.00000486. The molecule has 2 aromatic carbocycles. The molecule has 1 saturated carbocycles. The Hall–Kier alpha value is -4.72. The predicted molar refractivity (Wildman–Crippen MR) is 193 cm³/mol. The summed E-state index contributed by atoms with van der Waals surface area (Å²) in [6, 6.07) is 16.0. The average molecular weight is 701 g/mol. The van der Waals surface area contributed by atoms with E-state index in [-0.39, 0.29) is 36.6 Å². The number of hydrogen-bond acceptors (Lipinski definition) is 9. The van der Waals surface area contributed by atoms with Crippen LogP contribution in [0.5, 0.6) is 0 Å². The maximum Gasteiger partial charge on any atom is 0.272 e. The van der Waals surface area contributed by atoms with Crippen LogP contribution in [0.4, 0.5) is 5.69 Å². The smallest absolute Gasteiger partial charge is 0.272 e. The van der Waals surface area contributed by atoms with Crippen molar-refractivity contribution in [3.05, 3.63) is 77.6 Å². The molecule has 6 rings (SSSR count). The van der Waals surface area contributed by atoms with Crippen molar-refractivity contribution in [1.29, 1.82) is 0 Å². The van der Waals surface area contributed by atoms with Crippen LogP contribution in [-0.4, -0.2) is 98.9 Å². The number of amides is 3. The van der Waals surface area contributed by atoms with Crippen LogP contribution in [0, 0.1) is 18.8 Å². The summed E-state index contributed by atoms with van der Waals surface area (Å²) in [7, 11) is 2.06. The number of carbonyl (C=O) groups is 3. The van der Waals surface area contributed by atoms with E-state index in [1.165, 1.54) is 0 Å². The van der Waals surface area contributed by atoms with Crippen molar-refractivity contribution in [2.24, 2.45) is 23.3 Å². The SMILES string of the molecule is Cc1cc(C(=O)N2CCN(C)CC2)ncc1-c1ccc(C[C@@H](C(N)=O)N(C(=O)C2CCC(CN)CC2)c2ccc(-c3nn[nH]n3)cc2)cc1.Cl. The molecule has 3 heterocycles. The molecule has 1 aliphatic heterocycles. The Morgan fingerprint density at radius 2 is 1.62 bits per heavy atom. The molecule has 50 heavy (non-hydrogen) atoms. The number of aromatic amines is 1. The number of primary amides is 1. The van der Waals surface area contributed by atoms with Gasteiger partial charge in [0.1, 0.15) is 11.7 Å². The first-order chi connectivity index (χ1) is 23.7. The number of H-pyrrole nitrogens is 1. The van der Waals surface area contributed by atoms with E-state index < -0.39 is 11.9 Å². The van der Waals surface area contributed by atoms with Crippen LogP contribution in [0.2, 0.25) is 0 Å². The van der Waals surface area contributed by atoms with Crippen molar-refractivity contribution in [2.45, 2.75) is 45.1 Å². The van der Waals surface area contributed by atoms with Gasteiger partial charge in [-0.3, -0.25) is 24.3 Å². The summed E-state index contributed by atoms with van der Waals surface area (Å²) in [5.74, 6) is -0.147. The number of aryl methyl sites for hydroxylation is 1. The minimum absolute atomic E-state index is 0. The maximum atomic E-state index is 14.2. The van der Waals surface area contributed by atoms with Crippen LogP contribution in [0.25, 0.3) is 22.5 Å². The molecule has 1 saturated heterocycles. The van der Waals surface area contributed by atoms with Crippen molar-refractivity contribution >= 4 is 35.8 Å². The molecule has 1 atom stereocenters. The molecule has 0 bridgehead atoms. The normalized spacial score (nSPS) is 18.6. The van der Waals surface area contributed by atoms with E-state index in [1.807, 2.05) is 42.2 Å². The molecule has 2 aliphatic rings. The molecule has 5 N–H and O–H groups in total. The van der Waals surface area contributed by atoms with Crippen molar-refractivity contribution in [3.63, 3.8) is 0 Å². The summed E-state index contributed by atoms with van der Waals surface area (Å²) in [5, 5.41) is 14.1. The Labute approximate surface area is 298 Å². The van der Waals surface area contributed by atoms with Crippen LogP contribution in [0.15, 0.2) is 60.8 Å². The van der Waals surface area contributed by atoms with Gasteiger partial charge in [-0.25, -0.2) is 0 Å². The number of rotatable bonds is 10. The number of nitrogens with two attached hydrogens (primary N) is 2. The molecule has 2 aromatic heterocycles. The van der Waals surface area contributed by atoms with Crippen LogP contribution >= 0.6 is 12.4 Å². The summed E-state index contributed by atoms with van der Waals surface area (Å²) < 4.78 is 0. The van der Waals surface area contributed by atoms with Crippen molar-refractivity contribution < 1.29 is 14.4 Å². The number of nitrogens with zero attached hydrogens (tertiary/aromatic N) is 7. The zero-order valence-electron chi connectivity index (χ0n) is 28.5. The first-order valence-corrected chi connectivity index (χ1v) is 16.9. The molecule has 14 heteroatoms. The zero-order chi connectivity index (χ0) is 34.5. The highest BCUT2D eigenvalue weighted by Crippen LogP contribution is 2.33. The summed E-state index contributed by atoms with van der Waals surface area (Å²) in [6.07, 6.45) is 5.16. The summed E-state index contributed by atoms with van der Waals surface area (Å²) in [5.41, 5.74) is 17.4. The number of likely N-dealkylation sites (N-methyl/N-ethyl adjacent to an activating group) is 1. The van der Waals surface area contributed by atoms with E-state index in [9.17, 15) is 14.4 Å². The molecule has 2 fully saturated rings. The number of benzene rings is 2. The van der Waals surface area contributed by atoms with E-state index in [2.05, 4.69) is 37.6 Å². The van der Waals surface area contributed by atoms with Crippen molar-refractivity contribution in [2.75, 3.05) is 44.7 Å². The monoisotopic (exact) mass is 700 g/mol. The quantitative estimate of drug-likeness (QED) is 0.224. The summed E-state index contributed by atoms with van der Waals surface area (Å²) >= 11 is 0. The van der Waals surface area contributed by atoms with Gasteiger partial charge >= 0.3 is 0 Å². The second kappa shape index (κ2) is 16.3. The van der Waals surface area contributed by atoms with Crippen molar-refractivity contribution in [1.82, 2.24) is 35.4 Å².